The molecule has 0 aliphatic heterocycles. The molecule has 1 heterocycles. The Hall–Kier alpha value is -1.22. The van der Waals surface area contributed by atoms with Crippen LogP contribution in [0, 0.1) is 0 Å². The first-order valence-electron chi connectivity index (χ1n) is 10.7. The molecule has 0 atom stereocenters. The van der Waals surface area contributed by atoms with Gasteiger partial charge in [0.25, 0.3) is 0 Å². The van der Waals surface area contributed by atoms with E-state index in [1.807, 2.05) is 36.4 Å². The standard InChI is InChI=1S/C14H10O.3C4H10.Sn/c1-2-6-11(7-3-1)14-10-12-8-4-5-9-13(12)15-14;3*1-3-4-2;/h1-10H;3*3-4H2,1-2H3;. The molecule has 28 heavy (non-hydrogen) atoms. The number of rotatable bonds is 4. The summed E-state index contributed by atoms with van der Waals surface area (Å²) in [5, 5.41) is 1.15. The first-order chi connectivity index (χ1) is 13.2. The zero-order chi connectivity index (χ0) is 20.3. The second-order valence-corrected chi connectivity index (χ2v) is 6.51. The summed E-state index contributed by atoms with van der Waals surface area (Å²) >= 11 is 0. The number of furan rings is 1. The summed E-state index contributed by atoms with van der Waals surface area (Å²) in [6.45, 7) is 13.1. The summed E-state index contributed by atoms with van der Waals surface area (Å²) in [7, 11) is 0. The minimum atomic E-state index is 0. The number of benzene rings is 2. The monoisotopic (exact) mass is 488 g/mol. The largest absolute Gasteiger partial charge is 0.456 e. The third-order valence-corrected chi connectivity index (χ3v) is 3.98. The van der Waals surface area contributed by atoms with E-state index in [1.54, 1.807) is 0 Å². The quantitative estimate of drug-likeness (QED) is 0.335. The molecule has 0 unspecified atom stereocenters. The van der Waals surface area contributed by atoms with Crippen molar-refractivity contribution in [1.29, 1.82) is 0 Å². The number of hydrogen-bond donors (Lipinski definition) is 0. The van der Waals surface area contributed by atoms with Gasteiger partial charge in [0.15, 0.2) is 0 Å². The zero-order valence-corrected chi connectivity index (χ0v) is 21.8. The summed E-state index contributed by atoms with van der Waals surface area (Å²) < 4.78 is 5.75. The fourth-order valence-corrected chi connectivity index (χ4v) is 1.73. The van der Waals surface area contributed by atoms with E-state index in [0.717, 1.165) is 22.3 Å². The molecule has 0 saturated heterocycles. The van der Waals surface area contributed by atoms with Crippen molar-refractivity contribution in [2.45, 2.75) is 80.1 Å². The number of fused-ring (bicyclic) bond motifs is 1. The molecule has 0 N–H and O–H groups in total. The Bertz CT molecular complexity index is 624. The van der Waals surface area contributed by atoms with Gasteiger partial charge < -0.3 is 4.42 Å². The van der Waals surface area contributed by atoms with Crippen molar-refractivity contribution in [3.63, 3.8) is 0 Å². The van der Waals surface area contributed by atoms with Crippen LogP contribution in [-0.4, -0.2) is 23.9 Å². The average molecular weight is 487 g/mol. The zero-order valence-electron chi connectivity index (χ0n) is 18.9. The number of hydrogen-bond acceptors (Lipinski definition) is 1. The van der Waals surface area contributed by atoms with Gasteiger partial charge in [-0.1, -0.05) is 129 Å². The second-order valence-electron chi connectivity index (χ2n) is 6.51. The third-order valence-electron chi connectivity index (χ3n) is 3.98. The van der Waals surface area contributed by atoms with Crippen molar-refractivity contribution in [3.05, 3.63) is 60.7 Å². The molecular formula is C26H40OSn. The number of unbranched alkanes of at least 4 members (excludes halogenated alkanes) is 3. The molecule has 0 aliphatic carbocycles. The summed E-state index contributed by atoms with van der Waals surface area (Å²) in [5.74, 6) is 0.928. The van der Waals surface area contributed by atoms with E-state index in [-0.39, 0.29) is 23.9 Å². The molecule has 0 spiro atoms. The van der Waals surface area contributed by atoms with Crippen LogP contribution in [0.25, 0.3) is 22.3 Å². The Balaban J connectivity index is 0. The molecule has 0 bridgehead atoms. The molecule has 0 fully saturated rings. The minimum Gasteiger partial charge on any atom is -0.456 e. The molecule has 2 heteroatoms. The first kappa shape index (κ1) is 29.0. The van der Waals surface area contributed by atoms with E-state index >= 15 is 0 Å². The van der Waals surface area contributed by atoms with Crippen LogP contribution in [0.2, 0.25) is 0 Å². The molecule has 0 aliphatic rings. The summed E-state index contributed by atoms with van der Waals surface area (Å²) in [4.78, 5) is 0. The SMILES string of the molecule is CCCC.CCCC.CCCC.[Sn].c1ccc(-c2cc3ccccc3o2)cc1. The second kappa shape index (κ2) is 20.5. The van der Waals surface area contributed by atoms with Gasteiger partial charge in [-0.3, -0.25) is 0 Å². The predicted octanol–water partition coefficient (Wildman–Crippen LogP) is 9.14. The summed E-state index contributed by atoms with van der Waals surface area (Å²) in [6.07, 6.45) is 7.92. The van der Waals surface area contributed by atoms with Crippen molar-refractivity contribution >= 4 is 34.9 Å². The maximum absolute atomic E-state index is 5.75. The Morgan fingerprint density at radius 1 is 0.571 bits per heavy atom. The van der Waals surface area contributed by atoms with Crippen LogP contribution in [0.3, 0.4) is 0 Å². The predicted molar refractivity (Wildman–Crippen MR) is 129 cm³/mol. The molecule has 154 valence electrons. The molecule has 0 saturated carbocycles. The molecule has 3 aromatic rings. The van der Waals surface area contributed by atoms with Gasteiger partial charge in [-0.2, -0.15) is 0 Å². The Morgan fingerprint density at radius 2 is 1.00 bits per heavy atom. The van der Waals surface area contributed by atoms with Gasteiger partial charge in [-0.15, -0.1) is 0 Å². The molecule has 0 amide bonds. The Morgan fingerprint density at radius 3 is 1.43 bits per heavy atom. The van der Waals surface area contributed by atoms with Crippen LogP contribution < -0.4 is 0 Å². The van der Waals surface area contributed by atoms with Gasteiger partial charge in [-0.05, 0) is 12.1 Å². The van der Waals surface area contributed by atoms with Gasteiger partial charge in [-0.25, -0.2) is 0 Å². The van der Waals surface area contributed by atoms with Gasteiger partial charge in [0, 0.05) is 34.9 Å². The van der Waals surface area contributed by atoms with Gasteiger partial charge in [0.2, 0.25) is 0 Å². The third kappa shape index (κ3) is 13.0. The van der Waals surface area contributed by atoms with Crippen LogP contribution in [-0.2, 0) is 0 Å². The smallest absolute Gasteiger partial charge is 0.135 e. The summed E-state index contributed by atoms with van der Waals surface area (Å²) in [5.41, 5.74) is 2.06. The van der Waals surface area contributed by atoms with Crippen LogP contribution in [0.5, 0.6) is 0 Å². The van der Waals surface area contributed by atoms with E-state index < -0.39 is 0 Å². The molecule has 1 nitrogen and oxygen atoms in total. The normalized spacial score (nSPS) is 8.93. The fourth-order valence-electron chi connectivity index (χ4n) is 1.73. The van der Waals surface area contributed by atoms with Crippen LogP contribution in [0.4, 0.5) is 0 Å². The van der Waals surface area contributed by atoms with Crippen molar-refractivity contribution in [1.82, 2.24) is 0 Å². The van der Waals surface area contributed by atoms with Crippen LogP contribution in [0.15, 0.2) is 65.1 Å². The average Bonchev–Trinajstić information content (AvgIpc) is 3.19. The molecule has 4 radical (unpaired) electrons. The molecule has 2 aromatic carbocycles. The van der Waals surface area contributed by atoms with E-state index in [2.05, 4.69) is 65.8 Å². The molecular weight excluding hydrogens is 447 g/mol. The van der Waals surface area contributed by atoms with E-state index in [1.165, 1.54) is 38.5 Å². The van der Waals surface area contributed by atoms with Gasteiger partial charge >= 0.3 is 0 Å². The maximum atomic E-state index is 5.75. The van der Waals surface area contributed by atoms with Gasteiger partial charge in [0.05, 0.1) is 0 Å². The van der Waals surface area contributed by atoms with Crippen molar-refractivity contribution in [2.75, 3.05) is 0 Å². The van der Waals surface area contributed by atoms with E-state index in [0.29, 0.717) is 0 Å². The Kier molecular flexibility index (Phi) is 21.2. The van der Waals surface area contributed by atoms with E-state index in [4.69, 9.17) is 4.42 Å². The summed E-state index contributed by atoms with van der Waals surface area (Å²) in [6, 6.07) is 20.3. The number of para-hydroxylation sites is 1. The van der Waals surface area contributed by atoms with Crippen molar-refractivity contribution < 1.29 is 4.42 Å². The van der Waals surface area contributed by atoms with Crippen LogP contribution >= 0.6 is 0 Å². The minimum absolute atomic E-state index is 0. The fraction of sp³-hybridized carbons (Fsp3) is 0.462. The first-order valence-corrected chi connectivity index (χ1v) is 10.7. The van der Waals surface area contributed by atoms with E-state index in [9.17, 15) is 0 Å². The molecule has 1 aromatic heterocycles. The molecule has 3 rings (SSSR count). The van der Waals surface area contributed by atoms with Gasteiger partial charge in [0.1, 0.15) is 11.3 Å². The van der Waals surface area contributed by atoms with Crippen molar-refractivity contribution in [2.24, 2.45) is 0 Å². The van der Waals surface area contributed by atoms with Crippen molar-refractivity contribution in [3.8, 4) is 11.3 Å². The van der Waals surface area contributed by atoms with Crippen LogP contribution in [0.1, 0.15) is 80.1 Å². The maximum Gasteiger partial charge on any atom is 0.135 e. The Labute approximate surface area is 190 Å². The topological polar surface area (TPSA) is 13.1 Å².